The number of rotatable bonds is 3. The lowest BCUT2D eigenvalue weighted by atomic mass is 10.1. The third-order valence-corrected chi connectivity index (χ3v) is 3.80. The summed E-state index contributed by atoms with van der Waals surface area (Å²) < 4.78 is 0. The first-order valence-electron chi connectivity index (χ1n) is 5.28. The Morgan fingerprint density at radius 3 is 2.75 bits per heavy atom. The van der Waals surface area contributed by atoms with E-state index in [2.05, 4.69) is 23.3 Å². The van der Waals surface area contributed by atoms with E-state index >= 15 is 0 Å². The van der Waals surface area contributed by atoms with Gasteiger partial charge in [0.05, 0.1) is 17.3 Å². The van der Waals surface area contributed by atoms with Crippen LogP contribution >= 0.6 is 11.8 Å². The topological polar surface area (TPSA) is 39.1 Å². The second kappa shape index (κ2) is 4.77. The zero-order valence-corrected chi connectivity index (χ0v) is 10.3. The number of thioether (sulfide) groups is 1. The van der Waals surface area contributed by atoms with Gasteiger partial charge in [-0.05, 0) is 18.4 Å². The van der Waals surface area contributed by atoms with E-state index in [0.29, 0.717) is 6.04 Å². The van der Waals surface area contributed by atoms with Crippen molar-refractivity contribution in [3.8, 4) is 6.07 Å². The standard InChI is InChI=1S/C12H15N3S/c1-15(9-7-14-8-9)11-4-3-5-12(16-2)10(11)6-13/h3-5,9,14H,7-8H2,1-2H3. The summed E-state index contributed by atoms with van der Waals surface area (Å²) in [6.07, 6.45) is 2.00. The van der Waals surface area contributed by atoms with Gasteiger partial charge in [0, 0.05) is 25.0 Å². The molecule has 16 heavy (non-hydrogen) atoms. The van der Waals surface area contributed by atoms with Gasteiger partial charge in [-0.25, -0.2) is 0 Å². The molecule has 1 aliphatic heterocycles. The van der Waals surface area contributed by atoms with Gasteiger partial charge in [-0.1, -0.05) is 6.07 Å². The number of benzene rings is 1. The molecule has 0 unspecified atom stereocenters. The van der Waals surface area contributed by atoms with Crippen LogP contribution in [-0.4, -0.2) is 32.4 Å². The molecule has 1 aliphatic rings. The Hall–Kier alpha value is -1.18. The molecule has 1 aromatic rings. The van der Waals surface area contributed by atoms with Crippen molar-refractivity contribution >= 4 is 17.4 Å². The van der Waals surface area contributed by atoms with Crippen molar-refractivity contribution in [1.29, 1.82) is 5.26 Å². The van der Waals surface area contributed by atoms with Gasteiger partial charge in [0.15, 0.2) is 0 Å². The molecular weight excluding hydrogens is 218 g/mol. The number of nitrogens with zero attached hydrogens (tertiary/aromatic N) is 2. The molecule has 0 saturated carbocycles. The minimum atomic E-state index is 0.518. The van der Waals surface area contributed by atoms with E-state index in [1.54, 1.807) is 11.8 Å². The van der Waals surface area contributed by atoms with Crippen LogP contribution in [0.3, 0.4) is 0 Å². The summed E-state index contributed by atoms with van der Waals surface area (Å²) in [6.45, 7) is 2.01. The molecule has 1 saturated heterocycles. The van der Waals surface area contributed by atoms with Gasteiger partial charge in [0.2, 0.25) is 0 Å². The van der Waals surface area contributed by atoms with Crippen LogP contribution < -0.4 is 10.2 Å². The third-order valence-electron chi connectivity index (χ3n) is 3.02. The highest BCUT2D eigenvalue weighted by atomic mass is 32.2. The molecule has 0 aromatic heterocycles. The third kappa shape index (κ3) is 1.89. The van der Waals surface area contributed by atoms with Gasteiger partial charge in [0.1, 0.15) is 6.07 Å². The molecule has 0 spiro atoms. The van der Waals surface area contributed by atoms with Crippen LogP contribution in [0.15, 0.2) is 23.1 Å². The Bertz CT molecular complexity index is 421. The summed E-state index contributed by atoms with van der Waals surface area (Å²) in [7, 11) is 2.06. The fourth-order valence-electron chi connectivity index (χ4n) is 1.84. The van der Waals surface area contributed by atoms with Crippen molar-refractivity contribution in [2.24, 2.45) is 0 Å². The quantitative estimate of drug-likeness (QED) is 0.806. The number of anilines is 1. The van der Waals surface area contributed by atoms with Gasteiger partial charge in [-0.15, -0.1) is 11.8 Å². The van der Waals surface area contributed by atoms with Crippen molar-refractivity contribution in [3.05, 3.63) is 23.8 Å². The Balaban J connectivity index is 2.35. The van der Waals surface area contributed by atoms with Crippen LogP contribution in [0.1, 0.15) is 5.56 Å². The van der Waals surface area contributed by atoms with Gasteiger partial charge in [0.25, 0.3) is 0 Å². The largest absolute Gasteiger partial charge is 0.368 e. The second-order valence-corrected chi connectivity index (χ2v) is 4.74. The maximum absolute atomic E-state index is 9.25. The molecule has 3 nitrogen and oxygen atoms in total. The second-order valence-electron chi connectivity index (χ2n) is 3.89. The Morgan fingerprint density at radius 1 is 1.50 bits per heavy atom. The average molecular weight is 233 g/mol. The Kier molecular flexibility index (Phi) is 3.37. The van der Waals surface area contributed by atoms with Gasteiger partial charge >= 0.3 is 0 Å². The van der Waals surface area contributed by atoms with Gasteiger partial charge in [-0.3, -0.25) is 0 Å². The average Bonchev–Trinajstić information content (AvgIpc) is 2.25. The van der Waals surface area contributed by atoms with Crippen LogP contribution in [0.4, 0.5) is 5.69 Å². The normalized spacial score (nSPS) is 15.3. The number of nitrogens with one attached hydrogen (secondary N) is 1. The zero-order valence-electron chi connectivity index (χ0n) is 9.53. The van der Waals surface area contributed by atoms with Crippen molar-refractivity contribution in [2.45, 2.75) is 10.9 Å². The molecule has 2 rings (SSSR count). The minimum absolute atomic E-state index is 0.518. The molecular formula is C12H15N3S. The van der Waals surface area contributed by atoms with Crippen LogP contribution in [0.5, 0.6) is 0 Å². The molecule has 0 aliphatic carbocycles. The van der Waals surface area contributed by atoms with E-state index in [4.69, 9.17) is 0 Å². The maximum Gasteiger partial charge on any atom is 0.103 e. The smallest absolute Gasteiger partial charge is 0.103 e. The fraction of sp³-hybridized carbons (Fsp3) is 0.417. The first-order valence-corrected chi connectivity index (χ1v) is 6.51. The lowest BCUT2D eigenvalue weighted by molar-refractivity contribution is 0.428. The van der Waals surface area contributed by atoms with E-state index in [1.165, 1.54) is 0 Å². The summed E-state index contributed by atoms with van der Waals surface area (Å²) >= 11 is 1.62. The summed E-state index contributed by atoms with van der Waals surface area (Å²) in [5, 5.41) is 12.5. The van der Waals surface area contributed by atoms with Crippen molar-refractivity contribution < 1.29 is 0 Å². The first kappa shape index (κ1) is 11.3. The molecule has 0 amide bonds. The fourth-order valence-corrected chi connectivity index (χ4v) is 2.41. The summed E-state index contributed by atoms with van der Waals surface area (Å²) in [4.78, 5) is 3.26. The predicted octanol–water partition coefficient (Wildman–Crippen LogP) is 1.69. The molecule has 1 aromatic carbocycles. The van der Waals surface area contributed by atoms with E-state index in [1.807, 2.05) is 24.5 Å². The molecule has 84 valence electrons. The van der Waals surface area contributed by atoms with E-state index in [9.17, 15) is 5.26 Å². The minimum Gasteiger partial charge on any atom is -0.368 e. The summed E-state index contributed by atoms with van der Waals surface area (Å²) in [5.74, 6) is 0. The van der Waals surface area contributed by atoms with E-state index < -0.39 is 0 Å². The van der Waals surface area contributed by atoms with E-state index in [-0.39, 0.29) is 0 Å². The van der Waals surface area contributed by atoms with Crippen LogP contribution in [0.2, 0.25) is 0 Å². The highest BCUT2D eigenvalue weighted by Gasteiger charge is 2.23. The Morgan fingerprint density at radius 2 is 2.25 bits per heavy atom. The van der Waals surface area contributed by atoms with Gasteiger partial charge < -0.3 is 10.2 Å². The lowest BCUT2D eigenvalue weighted by Crippen LogP contribution is -2.56. The number of hydrogen-bond donors (Lipinski definition) is 1. The van der Waals surface area contributed by atoms with Crippen molar-refractivity contribution in [1.82, 2.24) is 5.32 Å². The number of nitriles is 1. The zero-order chi connectivity index (χ0) is 11.5. The highest BCUT2D eigenvalue weighted by molar-refractivity contribution is 7.98. The van der Waals surface area contributed by atoms with Gasteiger partial charge in [-0.2, -0.15) is 5.26 Å². The van der Waals surface area contributed by atoms with Crippen LogP contribution in [0.25, 0.3) is 0 Å². The number of likely N-dealkylation sites (N-methyl/N-ethyl adjacent to an activating group) is 1. The van der Waals surface area contributed by atoms with Crippen molar-refractivity contribution in [3.63, 3.8) is 0 Å². The molecule has 1 heterocycles. The highest BCUT2D eigenvalue weighted by Crippen LogP contribution is 2.29. The monoisotopic (exact) mass is 233 g/mol. The van der Waals surface area contributed by atoms with E-state index in [0.717, 1.165) is 29.2 Å². The predicted molar refractivity (Wildman–Crippen MR) is 68.0 cm³/mol. The van der Waals surface area contributed by atoms with Crippen LogP contribution in [-0.2, 0) is 0 Å². The summed E-state index contributed by atoms with van der Waals surface area (Å²) in [6, 6.07) is 8.88. The lowest BCUT2D eigenvalue weighted by Gasteiger charge is -2.37. The number of hydrogen-bond acceptors (Lipinski definition) is 4. The van der Waals surface area contributed by atoms with Crippen LogP contribution in [0, 0.1) is 11.3 Å². The molecule has 0 bridgehead atoms. The molecule has 1 fully saturated rings. The first-order chi connectivity index (χ1) is 7.77. The molecule has 0 radical (unpaired) electrons. The van der Waals surface area contributed by atoms with Crippen molar-refractivity contribution in [2.75, 3.05) is 31.3 Å². The molecule has 1 N–H and O–H groups in total. The SMILES string of the molecule is CSc1cccc(N(C)C2CNC2)c1C#N. The summed E-state index contributed by atoms with van der Waals surface area (Å²) in [5.41, 5.74) is 1.84. The molecule has 4 heteroatoms. The maximum atomic E-state index is 9.25. The Labute approximate surface area is 100 Å². The molecule has 0 atom stereocenters.